The van der Waals surface area contributed by atoms with Gasteiger partial charge in [0, 0.05) is 6.07 Å². The molecule has 0 bridgehead atoms. The Morgan fingerprint density at radius 1 is 0.889 bits per heavy atom. The predicted octanol–water partition coefficient (Wildman–Crippen LogP) is 2.08. The molecule has 9 heteroatoms. The van der Waals surface area contributed by atoms with Gasteiger partial charge in [0.25, 0.3) is 10.0 Å². The number of para-hydroxylation sites is 2. The number of anilines is 1. The molecule has 0 spiro atoms. The summed E-state index contributed by atoms with van der Waals surface area (Å²) in [5.41, 5.74) is 0.209. The van der Waals surface area contributed by atoms with E-state index in [1.54, 1.807) is 24.3 Å². The molecule has 0 fully saturated rings. The van der Waals surface area contributed by atoms with Crippen molar-refractivity contribution in [2.24, 2.45) is 0 Å². The van der Waals surface area contributed by atoms with E-state index in [-0.39, 0.29) is 16.3 Å². The standard InChI is InChI=1S/C18H21NO7S/c1-23-15-8-6-5-7-14(15)19(12-18(20)26-4)27(21,22)13-9-10-16(24-2)17(11-13)25-3/h5-11H,12H2,1-4H3. The third-order valence-corrected chi connectivity index (χ3v) is 5.55. The Kier molecular flexibility index (Phi) is 6.51. The second kappa shape index (κ2) is 8.63. The van der Waals surface area contributed by atoms with Gasteiger partial charge < -0.3 is 18.9 Å². The lowest BCUT2D eigenvalue weighted by Crippen LogP contribution is -2.36. The van der Waals surface area contributed by atoms with Gasteiger partial charge in [-0.2, -0.15) is 0 Å². The van der Waals surface area contributed by atoms with Gasteiger partial charge in [0.05, 0.1) is 39.0 Å². The second-order valence-corrected chi connectivity index (χ2v) is 7.14. The van der Waals surface area contributed by atoms with Crippen LogP contribution in [-0.4, -0.2) is 49.4 Å². The molecule has 2 aromatic rings. The summed E-state index contributed by atoms with van der Waals surface area (Å²) in [4.78, 5) is 11.8. The highest BCUT2D eigenvalue weighted by Gasteiger charge is 2.30. The first-order valence-corrected chi connectivity index (χ1v) is 9.27. The molecule has 27 heavy (non-hydrogen) atoms. The molecule has 0 heterocycles. The van der Waals surface area contributed by atoms with Crippen molar-refractivity contribution in [2.75, 3.05) is 39.3 Å². The Morgan fingerprint density at radius 3 is 2.11 bits per heavy atom. The summed E-state index contributed by atoms with van der Waals surface area (Å²) in [7, 11) is 1.32. The number of hydrogen-bond donors (Lipinski definition) is 0. The van der Waals surface area contributed by atoms with Crippen LogP contribution in [0, 0.1) is 0 Å². The van der Waals surface area contributed by atoms with Gasteiger partial charge in [-0.15, -0.1) is 0 Å². The predicted molar refractivity (Wildman–Crippen MR) is 99.1 cm³/mol. The molecule has 0 saturated heterocycles. The lowest BCUT2D eigenvalue weighted by atomic mass is 10.3. The minimum absolute atomic E-state index is 0.0741. The Morgan fingerprint density at radius 2 is 1.52 bits per heavy atom. The van der Waals surface area contributed by atoms with Crippen LogP contribution >= 0.6 is 0 Å². The highest BCUT2D eigenvalue weighted by molar-refractivity contribution is 7.92. The number of sulfonamides is 1. The van der Waals surface area contributed by atoms with E-state index >= 15 is 0 Å². The van der Waals surface area contributed by atoms with E-state index in [0.717, 1.165) is 4.31 Å². The third kappa shape index (κ3) is 4.25. The number of nitrogens with zero attached hydrogens (tertiary/aromatic N) is 1. The molecule has 0 atom stereocenters. The second-order valence-electron chi connectivity index (χ2n) is 5.28. The fraction of sp³-hybridized carbons (Fsp3) is 0.278. The first kappa shape index (κ1) is 20.4. The first-order valence-electron chi connectivity index (χ1n) is 7.83. The highest BCUT2D eigenvalue weighted by atomic mass is 32.2. The van der Waals surface area contributed by atoms with E-state index in [4.69, 9.17) is 14.2 Å². The molecule has 2 rings (SSSR count). The SMILES string of the molecule is COC(=O)CN(c1ccccc1OC)S(=O)(=O)c1ccc(OC)c(OC)c1. The molecule has 0 aliphatic heterocycles. The minimum Gasteiger partial charge on any atom is -0.495 e. The highest BCUT2D eigenvalue weighted by Crippen LogP contribution is 2.35. The number of esters is 1. The van der Waals surface area contributed by atoms with E-state index in [1.165, 1.54) is 46.6 Å². The third-order valence-electron chi connectivity index (χ3n) is 3.80. The van der Waals surface area contributed by atoms with E-state index in [1.807, 2.05) is 0 Å². The van der Waals surface area contributed by atoms with Crippen LogP contribution in [0.1, 0.15) is 0 Å². The number of hydrogen-bond acceptors (Lipinski definition) is 7. The molecule has 0 aromatic heterocycles. The summed E-state index contributed by atoms with van der Waals surface area (Å²) < 4.78 is 47.7. The van der Waals surface area contributed by atoms with E-state index < -0.39 is 22.5 Å². The van der Waals surface area contributed by atoms with Crippen LogP contribution < -0.4 is 18.5 Å². The topological polar surface area (TPSA) is 91.4 Å². The normalized spacial score (nSPS) is 10.8. The number of methoxy groups -OCH3 is 4. The van der Waals surface area contributed by atoms with Crippen molar-refractivity contribution in [3.05, 3.63) is 42.5 Å². The van der Waals surface area contributed by atoms with Gasteiger partial charge in [0.2, 0.25) is 0 Å². The van der Waals surface area contributed by atoms with Crippen molar-refractivity contribution in [2.45, 2.75) is 4.90 Å². The largest absolute Gasteiger partial charge is 0.495 e. The number of ether oxygens (including phenoxy) is 4. The Bertz CT molecular complexity index is 912. The monoisotopic (exact) mass is 395 g/mol. The summed E-state index contributed by atoms with van der Waals surface area (Å²) in [6, 6.07) is 10.7. The average Bonchev–Trinajstić information content (AvgIpc) is 2.70. The molecule has 2 aromatic carbocycles. The fourth-order valence-electron chi connectivity index (χ4n) is 2.42. The molecule has 8 nitrogen and oxygen atoms in total. The number of carbonyl (C=O) groups excluding carboxylic acids is 1. The quantitative estimate of drug-likeness (QED) is 0.632. The number of carbonyl (C=O) groups is 1. The van der Waals surface area contributed by atoms with Crippen molar-refractivity contribution < 1.29 is 32.2 Å². The molecule has 0 aliphatic rings. The van der Waals surface area contributed by atoms with Crippen molar-refractivity contribution >= 4 is 21.7 Å². The van der Waals surface area contributed by atoms with Crippen LogP contribution in [0.4, 0.5) is 5.69 Å². The lowest BCUT2D eigenvalue weighted by Gasteiger charge is -2.25. The van der Waals surface area contributed by atoms with Gasteiger partial charge in [-0.1, -0.05) is 12.1 Å². The van der Waals surface area contributed by atoms with E-state index in [2.05, 4.69) is 4.74 Å². The molecular formula is C18H21NO7S. The number of rotatable bonds is 8. The smallest absolute Gasteiger partial charge is 0.326 e. The van der Waals surface area contributed by atoms with Crippen molar-refractivity contribution in [1.29, 1.82) is 0 Å². The zero-order chi connectivity index (χ0) is 20.0. The molecular weight excluding hydrogens is 374 g/mol. The van der Waals surface area contributed by atoms with Crippen LogP contribution in [-0.2, 0) is 19.6 Å². The lowest BCUT2D eigenvalue weighted by molar-refractivity contribution is -0.138. The molecule has 0 unspecified atom stereocenters. The molecule has 0 N–H and O–H groups in total. The molecule has 0 saturated carbocycles. The van der Waals surface area contributed by atoms with Gasteiger partial charge in [-0.3, -0.25) is 9.10 Å². The Balaban J connectivity index is 2.62. The summed E-state index contributed by atoms with van der Waals surface area (Å²) in [6.07, 6.45) is 0. The minimum atomic E-state index is -4.13. The Labute approximate surface area is 158 Å². The van der Waals surface area contributed by atoms with Crippen molar-refractivity contribution in [1.82, 2.24) is 0 Å². The van der Waals surface area contributed by atoms with Gasteiger partial charge in [-0.25, -0.2) is 8.42 Å². The van der Waals surface area contributed by atoms with Crippen LogP contribution in [0.3, 0.4) is 0 Å². The summed E-state index contributed by atoms with van der Waals surface area (Å²) in [5.74, 6) is 0.209. The van der Waals surface area contributed by atoms with Crippen molar-refractivity contribution in [3.8, 4) is 17.2 Å². The maximum atomic E-state index is 13.3. The first-order chi connectivity index (χ1) is 12.9. The maximum absolute atomic E-state index is 13.3. The van der Waals surface area contributed by atoms with E-state index in [9.17, 15) is 13.2 Å². The zero-order valence-corrected chi connectivity index (χ0v) is 16.3. The van der Waals surface area contributed by atoms with Crippen LogP contribution in [0.25, 0.3) is 0 Å². The van der Waals surface area contributed by atoms with Crippen LogP contribution in [0.5, 0.6) is 17.2 Å². The van der Waals surface area contributed by atoms with Crippen LogP contribution in [0.2, 0.25) is 0 Å². The summed E-state index contributed by atoms with van der Waals surface area (Å²) in [5, 5.41) is 0. The zero-order valence-electron chi connectivity index (χ0n) is 15.5. The van der Waals surface area contributed by atoms with E-state index in [0.29, 0.717) is 11.5 Å². The molecule has 0 aliphatic carbocycles. The van der Waals surface area contributed by atoms with Crippen molar-refractivity contribution in [3.63, 3.8) is 0 Å². The van der Waals surface area contributed by atoms with Gasteiger partial charge >= 0.3 is 5.97 Å². The van der Waals surface area contributed by atoms with Gasteiger partial charge in [-0.05, 0) is 24.3 Å². The molecule has 0 radical (unpaired) electrons. The molecule has 0 amide bonds. The fourth-order valence-corrected chi connectivity index (χ4v) is 3.86. The number of benzene rings is 2. The van der Waals surface area contributed by atoms with Gasteiger partial charge in [0.15, 0.2) is 11.5 Å². The summed E-state index contributed by atoms with van der Waals surface area (Å²) in [6.45, 7) is -0.520. The average molecular weight is 395 g/mol. The van der Waals surface area contributed by atoms with Crippen LogP contribution in [0.15, 0.2) is 47.4 Å². The molecule has 146 valence electrons. The maximum Gasteiger partial charge on any atom is 0.326 e. The van der Waals surface area contributed by atoms with Gasteiger partial charge in [0.1, 0.15) is 12.3 Å². The summed E-state index contributed by atoms with van der Waals surface area (Å²) >= 11 is 0. The Hall–Kier alpha value is -2.94.